The SMILES string of the molecule is CCC=CCC=CCC=CCC=CCC=CCC=CCCC(=O)N1C[C@H]2C[C@H]1CN2C(=O)C=CC(=O)OC. The Balaban J connectivity index is 1.51. The Morgan fingerprint density at radius 2 is 1.16 bits per heavy atom. The van der Waals surface area contributed by atoms with Gasteiger partial charge in [-0.25, -0.2) is 4.79 Å². The third kappa shape index (κ3) is 11.8. The fourth-order valence-corrected chi connectivity index (χ4v) is 4.54. The Kier molecular flexibility index (Phi) is 15.2. The van der Waals surface area contributed by atoms with E-state index in [0.29, 0.717) is 19.5 Å². The Morgan fingerprint density at radius 3 is 1.63 bits per heavy atom. The summed E-state index contributed by atoms with van der Waals surface area (Å²) in [6, 6.07) is 0.109. The molecule has 2 fully saturated rings. The highest BCUT2D eigenvalue weighted by Gasteiger charge is 2.46. The molecule has 0 radical (unpaired) electrons. The summed E-state index contributed by atoms with van der Waals surface area (Å²) in [4.78, 5) is 39.8. The lowest BCUT2D eigenvalue weighted by Gasteiger charge is -2.33. The molecular weight excluding hydrogens is 476 g/mol. The van der Waals surface area contributed by atoms with Crippen molar-refractivity contribution in [2.24, 2.45) is 0 Å². The molecule has 38 heavy (non-hydrogen) atoms. The lowest BCUT2D eigenvalue weighted by Crippen LogP contribution is -2.50. The van der Waals surface area contributed by atoms with Crippen molar-refractivity contribution in [2.45, 2.75) is 76.8 Å². The minimum atomic E-state index is -0.547. The van der Waals surface area contributed by atoms with Gasteiger partial charge in [-0.3, -0.25) is 9.59 Å². The van der Waals surface area contributed by atoms with Gasteiger partial charge < -0.3 is 14.5 Å². The van der Waals surface area contributed by atoms with Crippen molar-refractivity contribution in [2.75, 3.05) is 20.2 Å². The van der Waals surface area contributed by atoms with Crippen LogP contribution in [0, 0.1) is 0 Å². The molecule has 0 aromatic carbocycles. The van der Waals surface area contributed by atoms with Gasteiger partial charge in [-0.2, -0.15) is 0 Å². The van der Waals surface area contributed by atoms with Gasteiger partial charge in [0.1, 0.15) is 0 Å². The van der Waals surface area contributed by atoms with Crippen LogP contribution in [-0.4, -0.2) is 59.9 Å². The number of likely N-dealkylation sites (tertiary alicyclic amines) is 2. The van der Waals surface area contributed by atoms with E-state index in [-0.39, 0.29) is 23.9 Å². The van der Waals surface area contributed by atoms with Gasteiger partial charge in [-0.1, -0.05) is 79.8 Å². The van der Waals surface area contributed by atoms with Crippen molar-refractivity contribution in [3.8, 4) is 0 Å². The molecular formula is C32H44N2O4. The van der Waals surface area contributed by atoms with Crippen LogP contribution < -0.4 is 0 Å². The predicted molar refractivity (Wildman–Crippen MR) is 154 cm³/mol. The molecule has 2 amide bonds. The van der Waals surface area contributed by atoms with Crippen LogP contribution in [0.2, 0.25) is 0 Å². The summed E-state index contributed by atoms with van der Waals surface area (Å²) in [6.07, 6.45) is 36.3. The zero-order valence-corrected chi connectivity index (χ0v) is 23.0. The normalized spacial score (nSPS) is 19.8. The van der Waals surface area contributed by atoms with E-state index in [0.717, 1.165) is 57.4 Å². The van der Waals surface area contributed by atoms with E-state index < -0.39 is 5.97 Å². The summed E-state index contributed by atoms with van der Waals surface area (Å²) in [6.45, 7) is 3.25. The Bertz CT molecular complexity index is 955. The van der Waals surface area contributed by atoms with Gasteiger partial charge in [0.05, 0.1) is 19.2 Å². The molecule has 6 nitrogen and oxygen atoms in total. The average Bonchev–Trinajstić information content (AvgIpc) is 3.54. The van der Waals surface area contributed by atoms with Gasteiger partial charge in [-0.15, -0.1) is 0 Å². The molecule has 0 N–H and O–H groups in total. The Morgan fingerprint density at radius 1 is 0.684 bits per heavy atom. The lowest BCUT2D eigenvalue weighted by molar-refractivity contribution is -0.137. The van der Waals surface area contributed by atoms with Crippen molar-refractivity contribution in [1.82, 2.24) is 9.80 Å². The number of allylic oxidation sites excluding steroid dienone is 12. The zero-order valence-electron chi connectivity index (χ0n) is 23.0. The van der Waals surface area contributed by atoms with Crippen molar-refractivity contribution >= 4 is 17.8 Å². The summed E-state index contributed by atoms with van der Waals surface area (Å²) < 4.78 is 4.52. The molecule has 0 aromatic rings. The molecule has 0 aromatic heterocycles. The van der Waals surface area contributed by atoms with Crippen molar-refractivity contribution in [3.05, 3.63) is 85.1 Å². The van der Waals surface area contributed by atoms with Crippen LogP contribution >= 0.6 is 0 Å². The van der Waals surface area contributed by atoms with Crippen LogP contribution in [0.15, 0.2) is 85.1 Å². The lowest BCUT2D eigenvalue weighted by atomic mass is 10.2. The van der Waals surface area contributed by atoms with Crippen LogP contribution in [0.1, 0.15) is 64.7 Å². The average molecular weight is 521 g/mol. The van der Waals surface area contributed by atoms with Gasteiger partial charge in [0.2, 0.25) is 11.8 Å². The van der Waals surface area contributed by atoms with Gasteiger partial charge in [0.25, 0.3) is 0 Å². The molecule has 2 rings (SSSR count). The molecule has 0 spiro atoms. The van der Waals surface area contributed by atoms with E-state index in [1.165, 1.54) is 13.2 Å². The number of rotatable bonds is 16. The van der Waals surface area contributed by atoms with Crippen LogP contribution in [0.25, 0.3) is 0 Å². The fraction of sp³-hybridized carbons (Fsp3) is 0.469. The number of hydrogen-bond acceptors (Lipinski definition) is 4. The third-order valence-electron chi connectivity index (χ3n) is 6.53. The maximum Gasteiger partial charge on any atom is 0.330 e. The first-order valence-electron chi connectivity index (χ1n) is 13.8. The Hall–Kier alpha value is -3.41. The number of ether oxygens (including phenoxy) is 1. The van der Waals surface area contributed by atoms with E-state index in [2.05, 4.69) is 84.6 Å². The number of hydrogen-bond donors (Lipinski definition) is 0. The number of methoxy groups -OCH3 is 1. The summed E-state index contributed by atoms with van der Waals surface area (Å²) in [5.74, 6) is -0.601. The second-order valence-corrected chi connectivity index (χ2v) is 9.39. The quantitative estimate of drug-likeness (QED) is 0.142. The van der Waals surface area contributed by atoms with Crippen molar-refractivity contribution in [3.63, 3.8) is 0 Å². The fourth-order valence-electron chi connectivity index (χ4n) is 4.54. The summed E-state index contributed by atoms with van der Waals surface area (Å²) in [5, 5.41) is 0. The first-order chi connectivity index (χ1) is 18.6. The smallest absolute Gasteiger partial charge is 0.330 e. The molecule has 206 valence electrons. The Labute approximate surface area is 228 Å². The number of esters is 1. The molecule has 0 aliphatic carbocycles. The monoisotopic (exact) mass is 520 g/mol. The van der Waals surface area contributed by atoms with Crippen molar-refractivity contribution < 1.29 is 19.1 Å². The first kappa shape index (κ1) is 30.8. The van der Waals surface area contributed by atoms with Crippen molar-refractivity contribution in [1.29, 1.82) is 0 Å². The highest BCUT2D eigenvalue weighted by Crippen LogP contribution is 2.31. The number of carbonyl (C=O) groups is 3. The molecule has 2 heterocycles. The minimum absolute atomic E-state index is 0.0321. The molecule has 6 heteroatoms. The second-order valence-electron chi connectivity index (χ2n) is 9.39. The van der Waals surface area contributed by atoms with Gasteiger partial charge in [0, 0.05) is 31.7 Å². The maximum atomic E-state index is 12.6. The van der Waals surface area contributed by atoms with E-state index in [1.807, 2.05) is 4.90 Å². The van der Waals surface area contributed by atoms with Gasteiger partial charge in [0.15, 0.2) is 0 Å². The minimum Gasteiger partial charge on any atom is -0.466 e. The first-order valence-corrected chi connectivity index (χ1v) is 13.8. The molecule has 0 unspecified atom stereocenters. The number of piperazine rings is 1. The number of carbonyl (C=O) groups excluding carboxylic acids is 3. The van der Waals surface area contributed by atoms with E-state index >= 15 is 0 Å². The molecule has 2 atom stereocenters. The molecule has 2 saturated heterocycles. The van der Waals surface area contributed by atoms with Crippen LogP contribution in [0.3, 0.4) is 0 Å². The summed E-state index contributed by atoms with van der Waals surface area (Å²) in [5.41, 5.74) is 0. The van der Waals surface area contributed by atoms with E-state index in [9.17, 15) is 14.4 Å². The molecule has 2 aliphatic rings. The maximum absolute atomic E-state index is 12.6. The molecule has 2 aliphatic heterocycles. The largest absolute Gasteiger partial charge is 0.466 e. The topological polar surface area (TPSA) is 66.9 Å². The van der Waals surface area contributed by atoms with E-state index in [1.54, 1.807) is 4.90 Å². The van der Waals surface area contributed by atoms with Crippen LogP contribution in [-0.2, 0) is 19.1 Å². The molecule has 2 bridgehead atoms. The summed E-state index contributed by atoms with van der Waals surface area (Å²) >= 11 is 0. The van der Waals surface area contributed by atoms with Gasteiger partial charge in [-0.05, 0) is 51.4 Å². The van der Waals surface area contributed by atoms with E-state index in [4.69, 9.17) is 0 Å². The summed E-state index contributed by atoms with van der Waals surface area (Å²) in [7, 11) is 1.28. The number of amides is 2. The zero-order chi connectivity index (χ0) is 27.4. The van der Waals surface area contributed by atoms with Crippen LogP contribution in [0.4, 0.5) is 0 Å². The third-order valence-corrected chi connectivity index (χ3v) is 6.53. The predicted octanol–water partition coefficient (Wildman–Crippen LogP) is 6.01. The highest BCUT2D eigenvalue weighted by molar-refractivity contribution is 5.95. The molecule has 0 saturated carbocycles. The van der Waals surface area contributed by atoms with Crippen LogP contribution in [0.5, 0.6) is 0 Å². The second kappa shape index (κ2) is 18.8. The number of nitrogens with zero attached hydrogens (tertiary/aromatic N) is 2. The highest BCUT2D eigenvalue weighted by atomic mass is 16.5. The standard InChI is InChI=1S/C32H44N2O4/c1-3-4-5-6-7-8-9-10-11-12-13-14-15-16-17-18-19-20-21-22-30(35)33-26-29-25-28(33)27-34(29)31(36)23-24-32(37)38-2/h4-5,7-8,10-11,13-14,16-17,19-20,23-24,28-29H,3,6,9,12,15,18,21-22,25-27H2,1-2H3/t28-,29+/m0/s1. The van der Waals surface area contributed by atoms with Gasteiger partial charge >= 0.3 is 5.97 Å². The number of fused-ring (bicyclic) bond motifs is 2.